The second-order valence-corrected chi connectivity index (χ2v) is 7.68. The topological polar surface area (TPSA) is 103 Å². The summed E-state index contributed by atoms with van der Waals surface area (Å²) in [6.45, 7) is 2.31. The molecule has 1 unspecified atom stereocenters. The quantitative estimate of drug-likeness (QED) is 0.430. The molecule has 1 aliphatic heterocycles. The standard InChI is InChI=1S/C23H25N5O4/c1-32-19-6-4-5-17(13-19)22(26-10-2-3-11-26)15-25-23(29)18-7-8-20(21(14-18)28(30)31)27-12-9-24-16-27/h4-9,12-14,16,22H,2-3,10-11,15H2,1H3,(H,25,29). The number of nitrogens with zero attached hydrogens (tertiary/aromatic N) is 4. The average Bonchev–Trinajstić information content (AvgIpc) is 3.53. The Balaban J connectivity index is 1.54. The molecule has 0 saturated carbocycles. The third-order valence-corrected chi connectivity index (χ3v) is 5.73. The number of nitro benzene ring substituents is 1. The molecule has 1 amide bonds. The van der Waals surface area contributed by atoms with Crippen LogP contribution in [0.15, 0.2) is 61.2 Å². The second-order valence-electron chi connectivity index (χ2n) is 7.68. The highest BCUT2D eigenvalue weighted by Gasteiger charge is 2.25. The van der Waals surface area contributed by atoms with Crippen molar-refractivity contribution in [3.05, 3.63) is 82.4 Å². The van der Waals surface area contributed by atoms with Gasteiger partial charge in [0.2, 0.25) is 0 Å². The van der Waals surface area contributed by atoms with Gasteiger partial charge >= 0.3 is 0 Å². The van der Waals surface area contributed by atoms with Crippen LogP contribution in [-0.4, -0.2) is 52.0 Å². The number of nitro groups is 1. The highest BCUT2D eigenvalue weighted by atomic mass is 16.6. The summed E-state index contributed by atoms with van der Waals surface area (Å²) in [5.41, 5.74) is 1.51. The van der Waals surface area contributed by atoms with Crippen LogP contribution in [0.3, 0.4) is 0 Å². The monoisotopic (exact) mass is 435 g/mol. The summed E-state index contributed by atoms with van der Waals surface area (Å²) in [7, 11) is 1.63. The molecule has 1 fully saturated rings. The van der Waals surface area contributed by atoms with E-state index in [4.69, 9.17) is 4.74 Å². The first-order valence-corrected chi connectivity index (χ1v) is 10.5. The van der Waals surface area contributed by atoms with Gasteiger partial charge in [-0.2, -0.15) is 0 Å². The van der Waals surface area contributed by atoms with Crippen molar-refractivity contribution in [2.45, 2.75) is 18.9 Å². The summed E-state index contributed by atoms with van der Waals surface area (Å²) in [5, 5.41) is 14.6. The van der Waals surface area contributed by atoms with Gasteiger partial charge in [-0.15, -0.1) is 0 Å². The lowest BCUT2D eigenvalue weighted by molar-refractivity contribution is -0.384. The number of methoxy groups -OCH3 is 1. The fraction of sp³-hybridized carbons (Fsp3) is 0.304. The van der Waals surface area contributed by atoms with Gasteiger partial charge in [-0.05, 0) is 55.8 Å². The van der Waals surface area contributed by atoms with E-state index in [9.17, 15) is 14.9 Å². The molecule has 0 radical (unpaired) electrons. The number of hydrogen-bond acceptors (Lipinski definition) is 6. The molecular weight excluding hydrogens is 410 g/mol. The normalized spacial score (nSPS) is 14.8. The molecule has 2 heterocycles. The van der Waals surface area contributed by atoms with E-state index in [1.54, 1.807) is 36.2 Å². The third-order valence-electron chi connectivity index (χ3n) is 5.73. The number of imidazole rings is 1. The van der Waals surface area contributed by atoms with Crippen LogP contribution in [0.4, 0.5) is 5.69 Å². The van der Waals surface area contributed by atoms with Crippen molar-refractivity contribution < 1.29 is 14.5 Å². The summed E-state index contributed by atoms with van der Waals surface area (Å²) in [5.74, 6) is 0.418. The lowest BCUT2D eigenvalue weighted by Gasteiger charge is -2.28. The molecule has 4 rings (SSSR count). The van der Waals surface area contributed by atoms with Gasteiger partial charge in [-0.25, -0.2) is 4.98 Å². The van der Waals surface area contributed by atoms with Crippen LogP contribution in [-0.2, 0) is 0 Å². The molecule has 9 nitrogen and oxygen atoms in total. The van der Waals surface area contributed by atoms with Crippen LogP contribution in [0.2, 0.25) is 0 Å². The molecule has 1 aliphatic rings. The van der Waals surface area contributed by atoms with Crippen LogP contribution in [0.1, 0.15) is 34.8 Å². The molecule has 0 bridgehead atoms. The summed E-state index contributed by atoms with van der Waals surface area (Å²) in [6.07, 6.45) is 6.89. The fourth-order valence-electron chi connectivity index (χ4n) is 4.08. The van der Waals surface area contributed by atoms with Crippen LogP contribution in [0.5, 0.6) is 5.75 Å². The van der Waals surface area contributed by atoms with E-state index in [-0.39, 0.29) is 23.2 Å². The molecule has 0 spiro atoms. The Morgan fingerprint density at radius 3 is 2.75 bits per heavy atom. The molecule has 9 heteroatoms. The Labute approximate surface area is 185 Å². The van der Waals surface area contributed by atoms with E-state index >= 15 is 0 Å². The Kier molecular flexibility index (Phi) is 6.46. The van der Waals surface area contributed by atoms with Gasteiger partial charge in [-0.1, -0.05) is 12.1 Å². The van der Waals surface area contributed by atoms with Crippen molar-refractivity contribution in [3.63, 3.8) is 0 Å². The summed E-state index contributed by atoms with van der Waals surface area (Å²) in [4.78, 5) is 30.3. The zero-order chi connectivity index (χ0) is 22.5. The van der Waals surface area contributed by atoms with Gasteiger partial charge in [0.25, 0.3) is 11.6 Å². The SMILES string of the molecule is COc1cccc(C(CNC(=O)c2ccc(-n3ccnc3)c([N+](=O)[O-])c2)N2CCCC2)c1. The molecule has 0 aliphatic carbocycles. The molecule has 1 saturated heterocycles. The smallest absolute Gasteiger partial charge is 0.294 e. The van der Waals surface area contributed by atoms with Gasteiger partial charge in [0.05, 0.1) is 24.4 Å². The van der Waals surface area contributed by atoms with Gasteiger partial charge in [0.15, 0.2) is 0 Å². The number of ether oxygens (including phenoxy) is 1. The number of nitrogens with one attached hydrogen (secondary N) is 1. The van der Waals surface area contributed by atoms with Crippen molar-refractivity contribution in [2.75, 3.05) is 26.7 Å². The average molecular weight is 435 g/mol. The van der Waals surface area contributed by atoms with E-state index in [1.807, 2.05) is 24.3 Å². The molecule has 1 atom stereocenters. The van der Waals surface area contributed by atoms with Crippen LogP contribution >= 0.6 is 0 Å². The van der Waals surface area contributed by atoms with E-state index in [1.165, 1.54) is 12.4 Å². The zero-order valence-electron chi connectivity index (χ0n) is 17.8. The Morgan fingerprint density at radius 2 is 2.06 bits per heavy atom. The third kappa shape index (κ3) is 4.62. The fourth-order valence-corrected chi connectivity index (χ4v) is 4.08. The number of carbonyl (C=O) groups is 1. The van der Waals surface area contributed by atoms with Crippen molar-refractivity contribution in [3.8, 4) is 11.4 Å². The molecule has 32 heavy (non-hydrogen) atoms. The second kappa shape index (κ2) is 9.61. The maximum Gasteiger partial charge on any atom is 0.294 e. The van der Waals surface area contributed by atoms with E-state index < -0.39 is 4.92 Å². The number of likely N-dealkylation sites (tertiary alicyclic amines) is 1. The lowest BCUT2D eigenvalue weighted by atomic mass is 10.0. The Hall–Kier alpha value is -3.72. The van der Waals surface area contributed by atoms with E-state index in [0.29, 0.717) is 12.2 Å². The highest BCUT2D eigenvalue weighted by Crippen LogP contribution is 2.28. The molecule has 1 N–H and O–H groups in total. The van der Waals surface area contributed by atoms with Gasteiger partial charge < -0.3 is 14.6 Å². The minimum atomic E-state index is -0.491. The molecule has 2 aromatic carbocycles. The number of benzene rings is 2. The maximum absolute atomic E-state index is 12.9. The predicted octanol–water partition coefficient (Wildman–Crippen LogP) is 3.36. The first-order chi connectivity index (χ1) is 15.6. The van der Waals surface area contributed by atoms with Crippen molar-refractivity contribution in [1.29, 1.82) is 0 Å². The molecular formula is C23H25N5O4. The van der Waals surface area contributed by atoms with Crippen molar-refractivity contribution >= 4 is 11.6 Å². The lowest BCUT2D eigenvalue weighted by Crippen LogP contribution is -2.36. The summed E-state index contributed by atoms with van der Waals surface area (Å²) < 4.78 is 6.91. The number of carbonyl (C=O) groups excluding carboxylic acids is 1. The van der Waals surface area contributed by atoms with E-state index in [2.05, 4.69) is 15.2 Å². The van der Waals surface area contributed by atoms with Crippen LogP contribution in [0, 0.1) is 10.1 Å². The Morgan fingerprint density at radius 1 is 1.25 bits per heavy atom. The van der Waals surface area contributed by atoms with Crippen molar-refractivity contribution in [1.82, 2.24) is 19.8 Å². The number of rotatable bonds is 8. The number of amides is 1. The van der Waals surface area contributed by atoms with Crippen molar-refractivity contribution in [2.24, 2.45) is 0 Å². The maximum atomic E-state index is 12.9. The molecule has 166 valence electrons. The molecule has 3 aromatic rings. The first kappa shape index (κ1) is 21.5. The minimum absolute atomic E-state index is 0.00300. The highest BCUT2D eigenvalue weighted by molar-refractivity contribution is 5.95. The Bertz CT molecular complexity index is 1090. The largest absolute Gasteiger partial charge is 0.497 e. The van der Waals surface area contributed by atoms with Gasteiger partial charge in [0.1, 0.15) is 11.4 Å². The number of hydrogen-bond donors (Lipinski definition) is 1. The first-order valence-electron chi connectivity index (χ1n) is 10.5. The summed E-state index contributed by atoms with van der Waals surface area (Å²) >= 11 is 0. The van der Waals surface area contributed by atoms with Gasteiger partial charge in [-0.3, -0.25) is 19.8 Å². The van der Waals surface area contributed by atoms with E-state index in [0.717, 1.165) is 37.2 Å². The van der Waals surface area contributed by atoms with Crippen LogP contribution in [0.25, 0.3) is 5.69 Å². The minimum Gasteiger partial charge on any atom is -0.497 e. The number of aromatic nitrogens is 2. The van der Waals surface area contributed by atoms with Crippen LogP contribution < -0.4 is 10.1 Å². The predicted molar refractivity (Wildman–Crippen MR) is 119 cm³/mol. The molecule has 1 aromatic heterocycles. The summed E-state index contributed by atoms with van der Waals surface area (Å²) in [6, 6.07) is 12.3. The zero-order valence-corrected chi connectivity index (χ0v) is 17.8. The van der Waals surface area contributed by atoms with Gasteiger partial charge in [0, 0.05) is 30.6 Å².